The Labute approximate surface area is 140 Å². The SMILES string of the molecule is C[C@@H]1CN(C(=O)CSc2nccn2C)[C@@H](c2ccccc2)CO1. The molecule has 1 amide bonds. The average molecular weight is 331 g/mol. The van der Waals surface area contributed by atoms with Crippen LogP contribution >= 0.6 is 11.8 Å². The fraction of sp³-hybridized carbons (Fsp3) is 0.412. The molecule has 2 aromatic rings. The molecule has 2 atom stereocenters. The van der Waals surface area contributed by atoms with Crippen LogP contribution in [0.4, 0.5) is 0 Å². The molecule has 23 heavy (non-hydrogen) atoms. The Bertz CT molecular complexity index is 659. The summed E-state index contributed by atoms with van der Waals surface area (Å²) in [5, 5.41) is 0.857. The number of hydrogen-bond donors (Lipinski definition) is 0. The van der Waals surface area contributed by atoms with Crippen molar-refractivity contribution in [1.82, 2.24) is 14.5 Å². The third kappa shape index (κ3) is 3.76. The fourth-order valence-corrected chi connectivity index (χ4v) is 3.55. The summed E-state index contributed by atoms with van der Waals surface area (Å²) in [6.07, 6.45) is 3.70. The van der Waals surface area contributed by atoms with Gasteiger partial charge in [-0.1, -0.05) is 42.1 Å². The van der Waals surface area contributed by atoms with Crippen molar-refractivity contribution < 1.29 is 9.53 Å². The first-order valence-electron chi connectivity index (χ1n) is 7.71. The molecule has 0 saturated carbocycles. The van der Waals surface area contributed by atoms with Crippen LogP contribution in [0.1, 0.15) is 18.5 Å². The monoisotopic (exact) mass is 331 g/mol. The van der Waals surface area contributed by atoms with Crippen molar-refractivity contribution in [3.63, 3.8) is 0 Å². The Balaban J connectivity index is 1.71. The Morgan fingerprint density at radius 2 is 2.17 bits per heavy atom. The zero-order valence-electron chi connectivity index (χ0n) is 13.4. The molecule has 122 valence electrons. The highest BCUT2D eigenvalue weighted by Crippen LogP contribution is 2.27. The van der Waals surface area contributed by atoms with E-state index in [0.29, 0.717) is 18.9 Å². The van der Waals surface area contributed by atoms with Gasteiger partial charge in [-0.15, -0.1) is 0 Å². The second-order valence-electron chi connectivity index (χ2n) is 5.73. The highest BCUT2D eigenvalue weighted by atomic mass is 32.2. The van der Waals surface area contributed by atoms with Gasteiger partial charge in [0.25, 0.3) is 0 Å². The molecule has 3 rings (SSSR count). The molecular weight excluding hydrogens is 310 g/mol. The summed E-state index contributed by atoms with van der Waals surface area (Å²) in [4.78, 5) is 18.9. The number of hydrogen-bond acceptors (Lipinski definition) is 4. The molecule has 5 nitrogen and oxygen atoms in total. The summed E-state index contributed by atoms with van der Waals surface area (Å²) < 4.78 is 7.70. The molecular formula is C17H21N3O2S. The Kier molecular flexibility index (Phi) is 5.03. The number of amides is 1. The number of carbonyl (C=O) groups excluding carboxylic acids is 1. The van der Waals surface area contributed by atoms with Gasteiger partial charge in [0, 0.05) is 26.0 Å². The Morgan fingerprint density at radius 3 is 2.87 bits per heavy atom. The first-order chi connectivity index (χ1) is 11.1. The smallest absolute Gasteiger partial charge is 0.233 e. The van der Waals surface area contributed by atoms with Crippen LogP contribution < -0.4 is 0 Å². The molecule has 0 bridgehead atoms. The van der Waals surface area contributed by atoms with Crippen LogP contribution in [-0.4, -0.2) is 45.4 Å². The molecule has 0 radical (unpaired) electrons. The molecule has 6 heteroatoms. The van der Waals surface area contributed by atoms with Gasteiger partial charge in [-0.3, -0.25) is 4.79 Å². The lowest BCUT2D eigenvalue weighted by molar-refractivity contribution is -0.141. The van der Waals surface area contributed by atoms with Gasteiger partial charge in [0.1, 0.15) is 0 Å². The normalized spacial score (nSPS) is 21.4. The van der Waals surface area contributed by atoms with Crippen LogP contribution in [0.15, 0.2) is 47.9 Å². The van der Waals surface area contributed by atoms with Gasteiger partial charge in [-0.2, -0.15) is 0 Å². The second kappa shape index (κ2) is 7.19. The van der Waals surface area contributed by atoms with Crippen LogP contribution in [0.25, 0.3) is 0 Å². The van der Waals surface area contributed by atoms with E-state index in [4.69, 9.17) is 4.74 Å². The van der Waals surface area contributed by atoms with Crippen molar-refractivity contribution in [1.29, 1.82) is 0 Å². The van der Waals surface area contributed by atoms with Gasteiger partial charge in [0.05, 0.1) is 24.5 Å². The van der Waals surface area contributed by atoms with Gasteiger partial charge in [-0.25, -0.2) is 4.98 Å². The number of carbonyl (C=O) groups is 1. The first-order valence-corrected chi connectivity index (χ1v) is 8.70. The van der Waals surface area contributed by atoms with Gasteiger partial charge in [-0.05, 0) is 12.5 Å². The van der Waals surface area contributed by atoms with E-state index in [9.17, 15) is 4.79 Å². The Hall–Kier alpha value is -1.79. The number of ether oxygens (including phenoxy) is 1. The summed E-state index contributed by atoms with van der Waals surface area (Å²) in [5.41, 5.74) is 1.12. The second-order valence-corrected chi connectivity index (χ2v) is 6.67. The summed E-state index contributed by atoms with van der Waals surface area (Å²) in [6, 6.07) is 10.1. The molecule has 1 aliphatic rings. The van der Waals surface area contributed by atoms with Gasteiger partial charge in [0.2, 0.25) is 5.91 Å². The van der Waals surface area contributed by atoms with E-state index in [-0.39, 0.29) is 18.1 Å². The minimum Gasteiger partial charge on any atom is -0.374 e. The molecule has 0 unspecified atom stereocenters. The largest absolute Gasteiger partial charge is 0.374 e. The summed E-state index contributed by atoms with van der Waals surface area (Å²) in [6.45, 7) is 3.18. The maximum Gasteiger partial charge on any atom is 0.233 e. The first kappa shape index (κ1) is 16.1. The van der Waals surface area contributed by atoms with Gasteiger partial charge < -0.3 is 14.2 Å². The van der Waals surface area contributed by atoms with E-state index in [0.717, 1.165) is 10.7 Å². The predicted molar refractivity (Wildman–Crippen MR) is 90.2 cm³/mol. The number of morpholine rings is 1. The van der Waals surface area contributed by atoms with Crippen LogP contribution in [-0.2, 0) is 16.6 Å². The van der Waals surface area contributed by atoms with E-state index in [2.05, 4.69) is 17.1 Å². The van der Waals surface area contributed by atoms with E-state index in [1.165, 1.54) is 11.8 Å². The molecule has 1 saturated heterocycles. The van der Waals surface area contributed by atoms with Crippen molar-refractivity contribution in [3.8, 4) is 0 Å². The zero-order chi connectivity index (χ0) is 16.2. The van der Waals surface area contributed by atoms with Crippen LogP contribution in [0.3, 0.4) is 0 Å². The fourth-order valence-electron chi connectivity index (χ4n) is 2.73. The molecule has 0 aliphatic carbocycles. The highest BCUT2D eigenvalue weighted by Gasteiger charge is 2.31. The number of benzene rings is 1. The van der Waals surface area contributed by atoms with E-state index >= 15 is 0 Å². The van der Waals surface area contributed by atoms with Crippen molar-refractivity contribution in [3.05, 3.63) is 48.3 Å². The van der Waals surface area contributed by atoms with Gasteiger partial charge >= 0.3 is 0 Å². The van der Waals surface area contributed by atoms with E-state index in [1.54, 1.807) is 6.20 Å². The molecule has 0 N–H and O–H groups in total. The molecule has 1 fully saturated rings. The van der Waals surface area contributed by atoms with Gasteiger partial charge in [0.15, 0.2) is 5.16 Å². The van der Waals surface area contributed by atoms with Crippen molar-refractivity contribution in [2.45, 2.75) is 24.2 Å². The van der Waals surface area contributed by atoms with E-state index < -0.39 is 0 Å². The van der Waals surface area contributed by atoms with Crippen molar-refractivity contribution >= 4 is 17.7 Å². The molecule has 1 aliphatic heterocycles. The third-order valence-corrected chi connectivity index (χ3v) is 5.02. The maximum atomic E-state index is 12.7. The standard InChI is InChI=1S/C17H21N3O2S/c1-13-10-20(15(11-22-13)14-6-4-3-5-7-14)16(21)12-23-17-18-8-9-19(17)2/h3-9,13,15H,10-12H2,1-2H3/t13-,15-/m1/s1. The number of imidazole rings is 1. The minimum atomic E-state index is -0.0122. The molecule has 0 spiro atoms. The number of thioether (sulfide) groups is 1. The lowest BCUT2D eigenvalue weighted by atomic mass is 10.0. The lowest BCUT2D eigenvalue weighted by Crippen LogP contribution is -2.47. The molecule has 1 aromatic carbocycles. The van der Waals surface area contributed by atoms with Crippen molar-refractivity contribution in [2.24, 2.45) is 7.05 Å². The summed E-state index contributed by atoms with van der Waals surface area (Å²) in [5.74, 6) is 0.517. The topological polar surface area (TPSA) is 47.4 Å². The van der Waals surface area contributed by atoms with Crippen molar-refractivity contribution in [2.75, 3.05) is 18.9 Å². The quantitative estimate of drug-likeness (QED) is 0.808. The number of nitrogens with zero attached hydrogens (tertiary/aromatic N) is 3. The minimum absolute atomic E-state index is 0.0122. The summed E-state index contributed by atoms with van der Waals surface area (Å²) >= 11 is 1.47. The van der Waals surface area contributed by atoms with Crippen LogP contribution in [0.2, 0.25) is 0 Å². The molecule has 1 aromatic heterocycles. The average Bonchev–Trinajstić information content (AvgIpc) is 2.98. The maximum absolute atomic E-state index is 12.7. The number of rotatable bonds is 4. The highest BCUT2D eigenvalue weighted by molar-refractivity contribution is 7.99. The number of aryl methyl sites for hydroxylation is 1. The zero-order valence-corrected chi connectivity index (χ0v) is 14.2. The Morgan fingerprint density at radius 1 is 1.39 bits per heavy atom. The predicted octanol–water partition coefficient (Wildman–Crippen LogP) is 2.50. The number of aromatic nitrogens is 2. The van der Waals surface area contributed by atoms with Crippen LogP contribution in [0, 0.1) is 0 Å². The molecule has 2 heterocycles. The van der Waals surface area contributed by atoms with E-state index in [1.807, 2.05) is 47.8 Å². The summed E-state index contributed by atoms with van der Waals surface area (Å²) in [7, 11) is 1.93. The third-order valence-electron chi connectivity index (χ3n) is 3.98. The van der Waals surface area contributed by atoms with Crippen LogP contribution in [0.5, 0.6) is 0 Å². The lowest BCUT2D eigenvalue weighted by Gasteiger charge is -2.39.